The van der Waals surface area contributed by atoms with Crippen LogP contribution in [-0.4, -0.2) is 60.5 Å². The van der Waals surface area contributed by atoms with Gasteiger partial charge in [0.1, 0.15) is 5.01 Å². The standard InChI is InChI=1S/C15H26N4OS/c1-11-10-21-15(17-11)12(2)19(4)14(20)9-18(3)13-5-7-16-8-6-13/h10,12-13,16H,5-9H2,1-4H3. The summed E-state index contributed by atoms with van der Waals surface area (Å²) in [5, 5.41) is 6.40. The van der Waals surface area contributed by atoms with Crippen molar-refractivity contribution in [3.05, 3.63) is 16.1 Å². The van der Waals surface area contributed by atoms with Gasteiger partial charge < -0.3 is 10.2 Å². The van der Waals surface area contributed by atoms with Crippen LogP contribution in [0.3, 0.4) is 0 Å². The molecule has 2 heterocycles. The van der Waals surface area contributed by atoms with Gasteiger partial charge in [0.05, 0.1) is 12.6 Å². The quantitative estimate of drug-likeness (QED) is 0.898. The SMILES string of the molecule is Cc1csc(C(C)N(C)C(=O)CN(C)C2CCNCC2)n1. The summed E-state index contributed by atoms with van der Waals surface area (Å²) in [7, 11) is 3.93. The summed E-state index contributed by atoms with van der Waals surface area (Å²) in [6.45, 7) is 6.61. The van der Waals surface area contributed by atoms with Crippen molar-refractivity contribution in [3.8, 4) is 0 Å². The number of piperidine rings is 1. The Morgan fingerprint density at radius 1 is 1.48 bits per heavy atom. The molecule has 1 saturated heterocycles. The number of amides is 1. The molecule has 0 bridgehead atoms. The number of carbonyl (C=O) groups is 1. The number of aryl methyl sites for hydroxylation is 1. The van der Waals surface area contributed by atoms with Gasteiger partial charge in [-0.1, -0.05) is 0 Å². The van der Waals surface area contributed by atoms with Gasteiger partial charge in [0.25, 0.3) is 0 Å². The predicted octanol–water partition coefficient (Wildman–Crippen LogP) is 1.65. The minimum absolute atomic E-state index is 0.0395. The Bertz CT molecular complexity index is 470. The minimum Gasteiger partial charge on any atom is -0.335 e. The van der Waals surface area contributed by atoms with Crippen LogP contribution < -0.4 is 5.32 Å². The molecule has 1 atom stereocenters. The summed E-state index contributed by atoms with van der Waals surface area (Å²) in [4.78, 5) is 21.0. The summed E-state index contributed by atoms with van der Waals surface area (Å²) >= 11 is 1.62. The number of nitrogens with zero attached hydrogens (tertiary/aromatic N) is 3. The van der Waals surface area contributed by atoms with E-state index in [1.165, 1.54) is 0 Å². The van der Waals surface area contributed by atoms with Gasteiger partial charge in [-0.3, -0.25) is 9.69 Å². The number of thiazole rings is 1. The van der Waals surface area contributed by atoms with E-state index in [-0.39, 0.29) is 11.9 Å². The van der Waals surface area contributed by atoms with Crippen LogP contribution in [0.15, 0.2) is 5.38 Å². The lowest BCUT2D eigenvalue weighted by Gasteiger charge is -2.33. The van der Waals surface area contributed by atoms with Gasteiger partial charge in [-0.15, -0.1) is 11.3 Å². The molecular weight excluding hydrogens is 284 g/mol. The van der Waals surface area contributed by atoms with E-state index in [1.54, 1.807) is 11.3 Å². The van der Waals surface area contributed by atoms with Gasteiger partial charge in [0, 0.05) is 24.2 Å². The van der Waals surface area contributed by atoms with Crippen molar-refractivity contribution in [2.75, 3.05) is 33.7 Å². The van der Waals surface area contributed by atoms with E-state index in [0.717, 1.165) is 36.6 Å². The maximum Gasteiger partial charge on any atom is 0.237 e. The average Bonchev–Trinajstić information content (AvgIpc) is 2.93. The van der Waals surface area contributed by atoms with Gasteiger partial charge in [0.15, 0.2) is 0 Å². The minimum atomic E-state index is 0.0395. The first-order valence-corrected chi connectivity index (χ1v) is 8.45. The molecule has 2 rings (SSSR count). The van der Waals surface area contributed by atoms with E-state index in [4.69, 9.17) is 0 Å². The lowest BCUT2D eigenvalue weighted by Crippen LogP contribution is -2.46. The number of rotatable bonds is 5. The molecule has 118 valence electrons. The predicted molar refractivity (Wildman–Crippen MR) is 86.6 cm³/mol. The van der Waals surface area contributed by atoms with Crippen molar-refractivity contribution >= 4 is 17.2 Å². The summed E-state index contributed by atoms with van der Waals surface area (Å²) < 4.78 is 0. The van der Waals surface area contributed by atoms with Crippen LogP contribution in [0, 0.1) is 6.92 Å². The second kappa shape index (κ2) is 7.33. The lowest BCUT2D eigenvalue weighted by atomic mass is 10.1. The molecule has 0 saturated carbocycles. The molecule has 0 aromatic carbocycles. The number of likely N-dealkylation sites (N-methyl/N-ethyl adjacent to an activating group) is 2. The molecule has 1 aromatic rings. The zero-order valence-corrected chi connectivity index (χ0v) is 14.2. The molecule has 0 spiro atoms. The molecule has 0 radical (unpaired) electrons. The summed E-state index contributed by atoms with van der Waals surface area (Å²) in [6.07, 6.45) is 2.24. The fourth-order valence-electron chi connectivity index (χ4n) is 2.65. The van der Waals surface area contributed by atoms with E-state index in [2.05, 4.69) is 22.2 Å². The van der Waals surface area contributed by atoms with Gasteiger partial charge in [0.2, 0.25) is 5.91 Å². The van der Waals surface area contributed by atoms with E-state index >= 15 is 0 Å². The first-order valence-electron chi connectivity index (χ1n) is 7.57. The molecule has 1 aliphatic rings. The molecule has 21 heavy (non-hydrogen) atoms. The largest absolute Gasteiger partial charge is 0.335 e. The smallest absolute Gasteiger partial charge is 0.237 e. The van der Waals surface area contributed by atoms with Crippen LogP contribution in [0.2, 0.25) is 0 Å². The van der Waals surface area contributed by atoms with Crippen molar-refractivity contribution in [2.24, 2.45) is 0 Å². The zero-order chi connectivity index (χ0) is 15.4. The monoisotopic (exact) mass is 310 g/mol. The normalized spacial score (nSPS) is 18.0. The second-order valence-corrected chi connectivity index (χ2v) is 6.79. The zero-order valence-electron chi connectivity index (χ0n) is 13.4. The fourth-order valence-corrected chi connectivity index (χ4v) is 3.54. The first-order chi connectivity index (χ1) is 9.99. The highest BCUT2D eigenvalue weighted by atomic mass is 32.1. The van der Waals surface area contributed by atoms with Crippen molar-refractivity contribution in [1.29, 1.82) is 0 Å². The van der Waals surface area contributed by atoms with Crippen molar-refractivity contribution < 1.29 is 4.79 Å². The van der Waals surface area contributed by atoms with Crippen LogP contribution in [0.4, 0.5) is 0 Å². The van der Waals surface area contributed by atoms with Crippen molar-refractivity contribution in [1.82, 2.24) is 20.1 Å². The number of carbonyl (C=O) groups excluding carboxylic acids is 1. The molecule has 1 unspecified atom stereocenters. The highest BCUT2D eigenvalue weighted by Gasteiger charge is 2.24. The van der Waals surface area contributed by atoms with Crippen LogP contribution in [-0.2, 0) is 4.79 Å². The third-order valence-corrected chi connectivity index (χ3v) is 5.42. The van der Waals surface area contributed by atoms with Crippen molar-refractivity contribution in [2.45, 2.75) is 38.8 Å². The Labute approximate surface area is 131 Å². The lowest BCUT2D eigenvalue weighted by molar-refractivity contribution is -0.133. The third kappa shape index (κ3) is 4.25. The van der Waals surface area contributed by atoms with E-state index in [0.29, 0.717) is 12.6 Å². The molecule has 1 amide bonds. The maximum absolute atomic E-state index is 12.5. The molecule has 5 nitrogen and oxygen atoms in total. The highest BCUT2D eigenvalue weighted by Crippen LogP contribution is 2.22. The Kier molecular flexibility index (Phi) is 5.72. The van der Waals surface area contributed by atoms with E-state index < -0.39 is 0 Å². The number of hydrogen-bond acceptors (Lipinski definition) is 5. The molecular formula is C15H26N4OS. The summed E-state index contributed by atoms with van der Waals surface area (Å²) in [5.41, 5.74) is 1.02. The Balaban J connectivity index is 1.89. The average molecular weight is 310 g/mol. The molecule has 1 fully saturated rings. The van der Waals surface area contributed by atoms with Gasteiger partial charge in [-0.05, 0) is 46.8 Å². The Hall–Kier alpha value is -0.980. The molecule has 1 aliphatic heterocycles. The van der Waals surface area contributed by atoms with Crippen LogP contribution in [0.25, 0.3) is 0 Å². The van der Waals surface area contributed by atoms with E-state index in [9.17, 15) is 4.79 Å². The first kappa shape index (κ1) is 16.4. The second-order valence-electron chi connectivity index (χ2n) is 5.90. The fraction of sp³-hybridized carbons (Fsp3) is 0.733. The molecule has 6 heteroatoms. The summed E-state index contributed by atoms with van der Waals surface area (Å²) in [5.74, 6) is 0.163. The Morgan fingerprint density at radius 2 is 2.14 bits per heavy atom. The van der Waals surface area contributed by atoms with Crippen LogP contribution >= 0.6 is 11.3 Å². The van der Waals surface area contributed by atoms with Gasteiger partial charge in [-0.2, -0.15) is 0 Å². The Morgan fingerprint density at radius 3 is 2.71 bits per heavy atom. The van der Waals surface area contributed by atoms with Gasteiger partial charge >= 0.3 is 0 Å². The summed E-state index contributed by atoms with van der Waals surface area (Å²) in [6, 6.07) is 0.554. The van der Waals surface area contributed by atoms with Crippen molar-refractivity contribution in [3.63, 3.8) is 0 Å². The molecule has 1 N–H and O–H groups in total. The third-order valence-electron chi connectivity index (χ3n) is 4.29. The van der Waals surface area contributed by atoms with Gasteiger partial charge in [-0.25, -0.2) is 4.98 Å². The maximum atomic E-state index is 12.5. The van der Waals surface area contributed by atoms with E-state index in [1.807, 2.05) is 31.2 Å². The van der Waals surface area contributed by atoms with Crippen LogP contribution in [0.5, 0.6) is 0 Å². The number of hydrogen-bond donors (Lipinski definition) is 1. The topological polar surface area (TPSA) is 48.5 Å². The highest BCUT2D eigenvalue weighted by molar-refractivity contribution is 7.09. The van der Waals surface area contributed by atoms with Crippen LogP contribution in [0.1, 0.15) is 36.5 Å². The number of nitrogens with one attached hydrogen (secondary N) is 1. The molecule has 1 aromatic heterocycles. The number of aromatic nitrogens is 1. The molecule has 0 aliphatic carbocycles.